The summed E-state index contributed by atoms with van der Waals surface area (Å²) in [4.78, 5) is 13.3. The molecule has 0 bridgehead atoms. The quantitative estimate of drug-likeness (QED) is 0.373. The second-order valence-electron chi connectivity index (χ2n) is 4.46. The molecule has 3 N–H and O–H groups in total. The van der Waals surface area contributed by atoms with Gasteiger partial charge in [-0.25, -0.2) is 0 Å². The number of hydrogen-bond donors (Lipinski definition) is 2. The van der Waals surface area contributed by atoms with Crippen LogP contribution in [-0.4, -0.2) is 29.2 Å². The number of amidine groups is 1. The number of rotatable bonds is 2. The van der Waals surface area contributed by atoms with Crippen LogP contribution in [0.15, 0.2) is 0 Å². The Kier molecular flexibility index (Phi) is 1.90. The van der Waals surface area contributed by atoms with Crippen LogP contribution in [0, 0.1) is 10.8 Å². The van der Waals surface area contributed by atoms with Gasteiger partial charge in [-0.05, 0) is 20.8 Å². The summed E-state index contributed by atoms with van der Waals surface area (Å²) in [5.41, 5.74) is 4.64. The first-order valence-electron chi connectivity index (χ1n) is 4.34. The third-order valence-electron chi connectivity index (χ3n) is 3.51. The molecule has 1 aliphatic heterocycles. The van der Waals surface area contributed by atoms with Gasteiger partial charge < -0.3 is 10.6 Å². The fourth-order valence-corrected chi connectivity index (χ4v) is 1.88. The van der Waals surface area contributed by atoms with Crippen molar-refractivity contribution in [2.45, 2.75) is 32.7 Å². The first kappa shape index (κ1) is 10.0. The topological polar surface area (TPSA) is 70.2 Å². The second-order valence-corrected chi connectivity index (χ2v) is 4.46. The van der Waals surface area contributed by atoms with E-state index in [-0.39, 0.29) is 17.3 Å². The Bertz CT molecular complexity index is 272. The predicted octanol–water partition coefficient (Wildman–Crippen LogP) is 0.569. The number of carbonyl (C=O) groups excluding carboxylic acids is 1. The number of hydrogen-bond acceptors (Lipinski definition) is 2. The molecule has 4 nitrogen and oxygen atoms in total. The van der Waals surface area contributed by atoms with Gasteiger partial charge in [0.25, 0.3) is 0 Å². The molecule has 0 aromatic heterocycles. The van der Waals surface area contributed by atoms with Gasteiger partial charge in [-0.3, -0.25) is 10.2 Å². The summed E-state index contributed by atoms with van der Waals surface area (Å²) in [7, 11) is 1.78. The largest absolute Gasteiger partial charge is 0.388 e. The Labute approximate surface area is 78.6 Å². The molecule has 0 spiro atoms. The summed E-state index contributed by atoms with van der Waals surface area (Å²) in [6, 6.07) is 0. The van der Waals surface area contributed by atoms with Crippen molar-refractivity contribution in [1.82, 2.24) is 4.90 Å². The van der Waals surface area contributed by atoms with Crippen molar-refractivity contribution in [1.29, 1.82) is 5.41 Å². The van der Waals surface area contributed by atoms with Crippen LogP contribution < -0.4 is 5.73 Å². The van der Waals surface area contributed by atoms with Crippen LogP contribution in [0.3, 0.4) is 0 Å². The molecule has 1 atom stereocenters. The Hall–Kier alpha value is -1.06. The fraction of sp³-hybridized carbons (Fsp3) is 0.778. The summed E-state index contributed by atoms with van der Waals surface area (Å²) in [6.45, 7) is 5.87. The van der Waals surface area contributed by atoms with Crippen molar-refractivity contribution in [3.05, 3.63) is 0 Å². The maximum Gasteiger partial charge on any atom is 0.231 e. The number of amides is 1. The van der Waals surface area contributed by atoms with E-state index in [1.165, 1.54) is 0 Å². The number of carbonyl (C=O) groups is 1. The minimum Gasteiger partial charge on any atom is -0.388 e. The van der Waals surface area contributed by atoms with Crippen LogP contribution in [0.2, 0.25) is 0 Å². The Morgan fingerprint density at radius 3 is 2.31 bits per heavy atom. The summed E-state index contributed by atoms with van der Waals surface area (Å²) < 4.78 is 0. The average molecular weight is 183 g/mol. The van der Waals surface area contributed by atoms with Gasteiger partial charge in [0, 0.05) is 13.5 Å². The van der Waals surface area contributed by atoms with Crippen LogP contribution >= 0.6 is 0 Å². The molecule has 13 heavy (non-hydrogen) atoms. The minimum absolute atomic E-state index is 0.0766. The molecule has 4 heteroatoms. The monoisotopic (exact) mass is 183 g/mol. The Balaban J connectivity index is 2.91. The SMILES string of the molecule is CN1C(=O)C(C)(CC(=N)N)C1(C)C. The van der Waals surface area contributed by atoms with E-state index in [0.29, 0.717) is 6.42 Å². The molecule has 1 fully saturated rings. The molecular formula is C9H17N3O. The maximum absolute atomic E-state index is 11.6. The lowest BCUT2D eigenvalue weighted by molar-refractivity contribution is -0.179. The summed E-state index contributed by atoms with van der Waals surface area (Å²) in [5, 5.41) is 7.23. The second kappa shape index (κ2) is 2.47. The highest BCUT2D eigenvalue weighted by molar-refractivity contribution is 5.95. The molecule has 74 valence electrons. The third-order valence-corrected chi connectivity index (χ3v) is 3.51. The van der Waals surface area contributed by atoms with Crippen LogP contribution in [0.25, 0.3) is 0 Å². The van der Waals surface area contributed by atoms with Crippen LogP contribution in [0.5, 0.6) is 0 Å². The van der Waals surface area contributed by atoms with Crippen molar-refractivity contribution in [2.75, 3.05) is 7.05 Å². The van der Waals surface area contributed by atoms with Crippen molar-refractivity contribution in [3.8, 4) is 0 Å². The summed E-state index contributed by atoms with van der Waals surface area (Å²) in [6.07, 6.45) is 0.350. The molecule has 1 saturated heterocycles. The molecule has 0 aromatic rings. The summed E-state index contributed by atoms with van der Waals surface area (Å²) >= 11 is 0. The van der Waals surface area contributed by atoms with Gasteiger partial charge in [-0.15, -0.1) is 0 Å². The molecule has 1 heterocycles. The number of nitrogens with one attached hydrogen (secondary N) is 1. The lowest BCUT2D eigenvalue weighted by atomic mass is 9.61. The summed E-state index contributed by atoms with van der Waals surface area (Å²) in [5.74, 6) is 0.157. The van der Waals surface area contributed by atoms with E-state index in [2.05, 4.69) is 0 Å². The number of nitrogens with zero attached hydrogens (tertiary/aromatic N) is 1. The van der Waals surface area contributed by atoms with Gasteiger partial charge in [0.2, 0.25) is 5.91 Å². The van der Waals surface area contributed by atoms with E-state index < -0.39 is 5.41 Å². The van der Waals surface area contributed by atoms with Crippen molar-refractivity contribution >= 4 is 11.7 Å². The zero-order chi connectivity index (χ0) is 10.4. The van der Waals surface area contributed by atoms with Gasteiger partial charge in [0.1, 0.15) is 0 Å². The van der Waals surface area contributed by atoms with E-state index >= 15 is 0 Å². The zero-order valence-corrected chi connectivity index (χ0v) is 8.64. The average Bonchev–Trinajstić information content (AvgIpc) is 2.00. The normalized spacial score (nSPS) is 31.4. The molecule has 1 rings (SSSR count). The van der Waals surface area contributed by atoms with Gasteiger partial charge in [0.15, 0.2) is 0 Å². The zero-order valence-electron chi connectivity index (χ0n) is 8.64. The van der Waals surface area contributed by atoms with Crippen molar-refractivity contribution in [3.63, 3.8) is 0 Å². The number of likely N-dealkylation sites (tertiary alicyclic amines) is 1. The van der Waals surface area contributed by atoms with Crippen molar-refractivity contribution < 1.29 is 4.79 Å². The highest BCUT2D eigenvalue weighted by Gasteiger charge is 2.61. The molecule has 0 saturated carbocycles. The van der Waals surface area contributed by atoms with Crippen LogP contribution in [0.4, 0.5) is 0 Å². The van der Waals surface area contributed by atoms with Gasteiger partial charge in [0.05, 0.1) is 16.8 Å². The van der Waals surface area contributed by atoms with Crippen LogP contribution in [-0.2, 0) is 4.79 Å². The Morgan fingerprint density at radius 1 is 1.54 bits per heavy atom. The number of β-lactam (4-membered cyclic amide) rings is 1. The molecule has 0 aliphatic carbocycles. The first-order valence-corrected chi connectivity index (χ1v) is 4.34. The van der Waals surface area contributed by atoms with E-state index in [0.717, 1.165) is 0 Å². The molecule has 1 unspecified atom stereocenters. The maximum atomic E-state index is 11.6. The smallest absolute Gasteiger partial charge is 0.231 e. The standard InChI is InChI=1S/C9H17N3O/c1-8(2)9(3,5-6(10)11)7(13)12(8)4/h5H2,1-4H3,(H3,10,11). The minimum atomic E-state index is -0.492. The number of nitrogens with two attached hydrogens (primary N) is 1. The molecule has 0 radical (unpaired) electrons. The lowest BCUT2D eigenvalue weighted by Gasteiger charge is -2.59. The first-order chi connectivity index (χ1) is 5.73. The fourth-order valence-electron chi connectivity index (χ4n) is 1.88. The molecule has 1 aliphatic rings. The van der Waals surface area contributed by atoms with E-state index in [1.54, 1.807) is 11.9 Å². The predicted molar refractivity (Wildman–Crippen MR) is 51.5 cm³/mol. The lowest BCUT2D eigenvalue weighted by Crippen LogP contribution is -2.73. The van der Waals surface area contributed by atoms with Gasteiger partial charge in [-0.2, -0.15) is 0 Å². The molecule has 1 amide bonds. The highest BCUT2D eigenvalue weighted by atomic mass is 16.2. The third kappa shape index (κ3) is 1.04. The van der Waals surface area contributed by atoms with E-state index in [1.807, 2.05) is 20.8 Å². The van der Waals surface area contributed by atoms with Gasteiger partial charge in [-0.1, -0.05) is 0 Å². The van der Waals surface area contributed by atoms with E-state index in [9.17, 15) is 4.79 Å². The molecule has 0 aromatic carbocycles. The van der Waals surface area contributed by atoms with Crippen molar-refractivity contribution in [2.24, 2.45) is 11.1 Å². The van der Waals surface area contributed by atoms with Crippen LogP contribution in [0.1, 0.15) is 27.2 Å². The molecular weight excluding hydrogens is 166 g/mol. The van der Waals surface area contributed by atoms with Gasteiger partial charge >= 0.3 is 0 Å². The van der Waals surface area contributed by atoms with E-state index in [4.69, 9.17) is 11.1 Å². The Morgan fingerprint density at radius 2 is 2.00 bits per heavy atom. The highest BCUT2D eigenvalue weighted by Crippen LogP contribution is 2.49.